The predicted molar refractivity (Wildman–Crippen MR) is 125 cm³/mol. The van der Waals surface area contributed by atoms with Crippen LogP contribution in [0.5, 0.6) is 0 Å². The number of likely N-dealkylation sites (N-methyl/N-ethyl adjacent to an activating group) is 1. The molecule has 2 N–H and O–H groups in total. The van der Waals surface area contributed by atoms with Crippen molar-refractivity contribution in [2.24, 2.45) is 0 Å². The van der Waals surface area contributed by atoms with Gasteiger partial charge in [-0.15, -0.1) is 0 Å². The summed E-state index contributed by atoms with van der Waals surface area (Å²) in [7, 11) is 2.19. The van der Waals surface area contributed by atoms with E-state index in [0.717, 1.165) is 67.1 Å². The fourth-order valence-corrected chi connectivity index (χ4v) is 4.02. The summed E-state index contributed by atoms with van der Waals surface area (Å²) < 4.78 is 0. The fraction of sp³-hybridized carbons (Fsp3) is 0.292. The van der Waals surface area contributed by atoms with E-state index in [1.807, 2.05) is 30.5 Å². The molecule has 2 aliphatic rings. The summed E-state index contributed by atoms with van der Waals surface area (Å²) in [5.74, 6) is 1.31. The highest BCUT2D eigenvalue weighted by Crippen LogP contribution is 2.23. The fourth-order valence-electron chi connectivity index (χ4n) is 4.02. The maximum atomic E-state index is 4.64. The Labute approximate surface area is 182 Å². The number of aromatic nitrogens is 3. The zero-order chi connectivity index (χ0) is 21.0. The average Bonchev–Trinajstić information content (AvgIpc) is 2.80. The van der Waals surface area contributed by atoms with Gasteiger partial charge in [0.05, 0.1) is 17.4 Å². The maximum absolute atomic E-state index is 4.64. The molecule has 1 saturated heterocycles. The molecule has 31 heavy (non-hydrogen) atoms. The molecule has 1 fully saturated rings. The van der Waals surface area contributed by atoms with Gasteiger partial charge in [0, 0.05) is 49.2 Å². The first-order valence-corrected chi connectivity index (χ1v) is 10.8. The zero-order valence-corrected chi connectivity index (χ0v) is 17.8. The van der Waals surface area contributed by atoms with Crippen molar-refractivity contribution in [3.8, 4) is 0 Å². The van der Waals surface area contributed by atoms with E-state index in [4.69, 9.17) is 0 Å². The lowest BCUT2D eigenvalue weighted by molar-refractivity contribution is 0.182. The van der Waals surface area contributed by atoms with E-state index in [9.17, 15) is 0 Å². The quantitative estimate of drug-likeness (QED) is 0.655. The molecule has 0 unspecified atom stereocenters. The van der Waals surface area contributed by atoms with Gasteiger partial charge in [0.2, 0.25) is 5.95 Å². The second-order valence-electron chi connectivity index (χ2n) is 8.06. The Kier molecular flexibility index (Phi) is 5.50. The molecule has 0 amide bonds. The highest BCUT2D eigenvalue weighted by atomic mass is 15.3. The standard InChI is InChI=1S/C24H27N7/c1-30-11-13-31(14-12-30)21-7-4-6-19(16-21)28-24-25-10-9-23(29-24)27-20-15-18-5-2-3-8-22(18)26-17-20/h2-3,5-6,8-10,15-17H,4,7,11-14H2,1H3,(H2,25,27,28,29). The Morgan fingerprint density at radius 2 is 1.84 bits per heavy atom. The van der Waals surface area contributed by atoms with Crippen LogP contribution in [-0.2, 0) is 0 Å². The largest absolute Gasteiger partial charge is 0.372 e. The number of nitrogens with one attached hydrogen (secondary N) is 2. The van der Waals surface area contributed by atoms with Gasteiger partial charge in [0.15, 0.2) is 0 Å². The van der Waals surface area contributed by atoms with Crippen molar-refractivity contribution in [1.29, 1.82) is 0 Å². The second kappa shape index (κ2) is 8.73. The number of benzene rings is 1. The highest BCUT2D eigenvalue weighted by Gasteiger charge is 2.18. The van der Waals surface area contributed by atoms with Crippen LogP contribution in [0.15, 0.2) is 72.3 Å². The van der Waals surface area contributed by atoms with Crippen molar-refractivity contribution in [2.45, 2.75) is 12.8 Å². The second-order valence-corrected chi connectivity index (χ2v) is 8.06. The molecule has 1 aromatic carbocycles. The minimum atomic E-state index is 0.584. The first-order valence-electron chi connectivity index (χ1n) is 10.8. The minimum absolute atomic E-state index is 0.584. The number of hydrogen-bond acceptors (Lipinski definition) is 7. The summed E-state index contributed by atoms with van der Waals surface area (Å²) in [6.45, 7) is 4.41. The lowest BCUT2D eigenvalue weighted by atomic mass is 10.1. The Morgan fingerprint density at radius 1 is 0.968 bits per heavy atom. The number of nitrogens with zero attached hydrogens (tertiary/aromatic N) is 5. The SMILES string of the molecule is CN1CCN(C2=CC(Nc3nccc(Nc4cnc5ccccc5c4)n3)=CCC2)CC1. The first-order chi connectivity index (χ1) is 15.2. The molecule has 5 rings (SSSR count). The molecule has 158 valence electrons. The van der Waals surface area contributed by atoms with Gasteiger partial charge < -0.3 is 20.4 Å². The van der Waals surface area contributed by atoms with E-state index in [0.29, 0.717) is 5.95 Å². The molecule has 1 aliphatic carbocycles. The lowest BCUT2D eigenvalue weighted by Crippen LogP contribution is -2.44. The van der Waals surface area contributed by atoms with Crippen LogP contribution < -0.4 is 10.6 Å². The molecule has 1 aliphatic heterocycles. The Bertz CT molecular complexity index is 1130. The van der Waals surface area contributed by atoms with Gasteiger partial charge in [-0.25, -0.2) is 4.98 Å². The predicted octanol–water partition coefficient (Wildman–Crippen LogP) is 3.99. The molecule has 7 heteroatoms. The summed E-state index contributed by atoms with van der Waals surface area (Å²) in [6, 6.07) is 12.0. The van der Waals surface area contributed by atoms with Gasteiger partial charge in [0.1, 0.15) is 5.82 Å². The van der Waals surface area contributed by atoms with Crippen molar-refractivity contribution >= 4 is 28.4 Å². The van der Waals surface area contributed by atoms with Crippen molar-refractivity contribution in [1.82, 2.24) is 24.8 Å². The van der Waals surface area contributed by atoms with Gasteiger partial charge in [0.25, 0.3) is 0 Å². The average molecular weight is 414 g/mol. The Hall–Kier alpha value is -3.45. The molecular formula is C24H27N7. The van der Waals surface area contributed by atoms with E-state index in [-0.39, 0.29) is 0 Å². The van der Waals surface area contributed by atoms with Crippen LogP contribution >= 0.6 is 0 Å². The summed E-state index contributed by atoms with van der Waals surface area (Å²) in [4.78, 5) is 18.4. The molecule has 0 spiro atoms. The number of piperazine rings is 1. The number of para-hydroxylation sites is 1. The summed E-state index contributed by atoms with van der Waals surface area (Å²) in [5.41, 5.74) is 4.34. The number of rotatable bonds is 5. The van der Waals surface area contributed by atoms with Gasteiger partial charge >= 0.3 is 0 Å². The smallest absolute Gasteiger partial charge is 0.229 e. The maximum Gasteiger partial charge on any atom is 0.229 e. The summed E-state index contributed by atoms with van der Waals surface area (Å²) in [6.07, 6.45) is 10.2. The van der Waals surface area contributed by atoms with Crippen LogP contribution in [0.4, 0.5) is 17.5 Å². The molecule has 0 bridgehead atoms. The Balaban J connectivity index is 1.28. The Morgan fingerprint density at radius 3 is 2.74 bits per heavy atom. The van der Waals surface area contributed by atoms with Crippen LogP contribution in [-0.4, -0.2) is 58.0 Å². The topological polar surface area (TPSA) is 69.2 Å². The van der Waals surface area contributed by atoms with Crippen molar-refractivity contribution in [3.63, 3.8) is 0 Å². The van der Waals surface area contributed by atoms with Crippen molar-refractivity contribution in [2.75, 3.05) is 43.9 Å². The van der Waals surface area contributed by atoms with E-state index in [1.54, 1.807) is 6.20 Å². The van der Waals surface area contributed by atoms with E-state index in [1.165, 1.54) is 5.70 Å². The molecule has 3 aromatic rings. The number of pyridine rings is 1. The third-order valence-corrected chi connectivity index (χ3v) is 5.77. The zero-order valence-electron chi connectivity index (χ0n) is 17.8. The van der Waals surface area contributed by atoms with E-state index in [2.05, 4.69) is 66.7 Å². The van der Waals surface area contributed by atoms with E-state index >= 15 is 0 Å². The van der Waals surface area contributed by atoms with Crippen LogP contribution in [0.25, 0.3) is 10.9 Å². The molecule has 0 radical (unpaired) electrons. The molecule has 0 atom stereocenters. The minimum Gasteiger partial charge on any atom is -0.372 e. The van der Waals surface area contributed by atoms with Gasteiger partial charge in [-0.3, -0.25) is 4.98 Å². The van der Waals surface area contributed by atoms with Gasteiger partial charge in [-0.2, -0.15) is 4.98 Å². The number of hydrogen-bond donors (Lipinski definition) is 2. The monoisotopic (exact) mass is 413 g/mol. The van der Waals surface area contributed by atoms with Crippen LogP contribution in [0.1, 0.15) is 12.8 Å². The van der Waals surface area contributed by atoms with Crippen molar-refractivity contribution in [3.05, 3.63) is 72.3 Å². The first kappa shape index (κ1) is 19.5. The summed E-state index contributed by atoms with van der Waals surface area (Å²) in [5, 5.41) is 7.81. The molecule has 7 nitrogen and oxygen atoms in total. The highest BCUT2D eigenvalue weighted by molar-refractivity contribution is 5.82. The van der Waals surface area contributed by atoms with Crippen molar-refractivity contribution < 1.29 is 0 Å². The third-order valence-electron chi connectivity index (χ3n) is 5.77. The number of fused-ring (bicyclic) bond motifs is 1. The van der Waals surface area contributed by atoms with Gasteiger partial charge in [-0.1, -0.05) is 24.3 Å². The number of anilines is 3. The van der Waals surface area contributed by atoms with Crippen LogP contribution in [0.2, 0.25) is 0 Å². The van der Waals surface area contributed by atoms with Gasteiger partial charge in [-0.05, 0) is 44.2 Å². The number of allylic oxidation sites excluding steroid dienone is 3. The van der Waals surface area contributed by atoms with Crippen LogP contribution in [0.3, 0.4) is 0 Å². The third kappa shape index (κ3) is 4.67. The molecule has 0 saturated carbocycles. The van der Waals surface area contributed by atoms with Crippen LogP contribution in [0, 0.1) is 0 Å². The normalized spacial score (nSPS) is 17.3. The van der Waals surface area contributed by atoms with E-state index < -0.39 is 0 Å². The molecular weight excluding hydrogens is 386 g/mol. The molecule has 3 heterocycles. The summed E-state index contributed by atoms with van der Waals surface area (Å²) >= 11 is 0. The lowest BCUT2D eigenvalue weighted by Gasteiger charge is -2.36. The molecule has 2 aromatic heterocycles.